The number of allylic oxidation sites excluding steroid dienone is 5. The van der Waals surface area contributed by atoms with Crippen LogP contribution in [0.5, 0.6) is 11.5 Å². The van der Waals surface area contributed by atoms with Crippen LogP contribution in [0.25, 0.3) is 11.8 Å². The Morgan fingerprint density at radius 1 is 0.895 bits per heavy atom. The molecule has 2 heterocycles. The van der Waals surface area contributed by atoms with Gasteiger partial charge < -0.3 is 19.5 Å². The molecule has 0 amide bonds. The molecular weight excluding hydrogens is 470 g/mol. The van der Waals surface area contributed by atoms with Crippen LogP contribution in [0.15, 0.2) is 88.2 Å². The van der Waals surface area contributed by atoms with E-state index in [1.165, 1.54) is 22.3 Å². The summed E-state index contributed by atoms with van der Waals surface area (Å²) in [4.78, 5) is 2.26. The average molecular weight is 508 g/mol. The fraction of sp³-hybridized carbons (Fsp3) is 0.353. The summed E-state index contributed by atoms with van der Waals surface area (Å²) in [5.74, 6) is 3.27. The van der Waals surface area contributed by atoms with E-state index in [9.17, 15) is 5.11 Å². The zero-order valence-electron chi connectivity index (χ0n) is 22.6. The van der Waals surface area contributed by atoms with Crippen LogP contribution in [0.4, 0.5) is 5.69 Å². The Hall–Kier alpha value is -3.66. The fourth-order valence-electron chi connectivity index (χ4n) is 6.19. The molecular formula is C34H37NO3. The molecule has 1 N–H and O–H groups in total. The molecule has 38 heavy (non-hydrogen) atoms. The lowest BCUT2D eigenvalue weighted by molar-refractivity contribution is 0.311. The highest BCUT2D eigenvalue weighted by Crippen LogP contribution is 2.45. The summed E-state index contributed by atoms with van der Waals surface area (Å²) in [7, 11) is 0. The van der Waals surface area contributed by atoms with Crippen LogP contribution in [0, 0.1) is 0 Å². The van der Waals surface area contributed by atoms with Crippen molar-refractivity contribution < 1.29 is 14.6 Å². The molecule has 6 rings (SSSR count). The van der Waals surface area contributed by atoms with Gasteiger partial charge in [-0.2, -0.15) is 0 Å². The maximum atomic E-state index is 10.8. The van der Waals surface area contributed by atoms with E-state index in [2.05, 4.69) is 55.2 Å². The van der Waals surface area contributed by atoms with Crippen molar-refractivity contribution in [3.8, 4) is 11.5 Å². The number of phenolic OH excluding ortho intramolecular Hbond substituents is 1. The van der Waals surface area contributed by atoms with Crippen LogP contribution in [0.1, 0.15) is 69.9 Å². The van der Waals surface area contributed by atoms with Crippen LogP contribution < -0.4 is 9.64 Å². The topological polar surface area (TPSA) is 41.9 Å². The van der Waals surface area contributed by atoms with Gasteiger partial charge in [-0.15, -0.1) is 0 Å². The van der Waals surface area contributed by atoms with E-state index in [1.54, 1.807) is 0 Å². The second-order valence-corrected chi connectivity index (χ2v) is 10.7. The van der Waals surface area contributed by atoms with Crippen molar-refractivity contribution in [1.82, 2.24) is 0 Å². The summed E-state index contributed by atoms with van der Waals surface area (Å²) in [6.07, 6.45) is 14.4. The molecule has 0 bridgehead atoms. The second-order valence-electron chi connectivity index (χ2n) is 10.7. The average Bonchev–Trinajstić information content (AvgIpc) is 2.94. The number of rotatable bonds is 5. The third kappa shape index (κ3) is 4.80. The number of ether oxygens (including phenoxy) is 2. The van der Waals surface area contributed by atoms with Gasteiger partial charge in [0.2, 0.25) is 0 Å². The number of nitrogens with zero attached hydrogens (tertiary/aromatic N) is 1. The monoisotopic (exact) mass is 507 g/mol. The molecule has 2 aliphatic heterocycles. The molecule has 0 aromatic heterocycles. The standard InChI is InChI=1S/C34H37NO3/c1-3-35(4-2)29-16-15-25(31(36)21-29)18-23-9-7-10-24(17-23)19-26-11-8-12-27-20-28-22-37-32-14-6-5-13-30(32)34(28)38-33(26)27/h5-6,13-16,18-21,36H,3-4,7-12,17,22H2,1-2H3/b23-18-,24-19+. The van der Waals surface area contributed by atoms with E-state index in [4.69, 9.17) is 9.47 Å². The lowest BCUT2D eigenvalue weighted by Gasteiger charge is -2.31. The first-order valence-corrected chi connectivity index (χ1v) is 14.2. The zero-order chi connectivity index (χ0) is 26.1. The Balaban J connectivity index is 1.26. The van der Waals surface area contributed by atoms with Gasteiger partial charge in [0.1, 0.15) is 29.6 Å². The molecule has 1 fully saturated rings. The number of fused-ring (bicyclic) bond motifs is 3. The van der Waals surface area contributed by atoms with Gasteiger partial charge in [-0.1, -0.05) is 35.4 Å². The molecule has 1 saturated carbocycles. The van der Waals surface area contributed by atoms with Crippen molar-refractivity contribution in [2.75, 3.05) is 24.6 Å². The van der Waals surface area contributed by atoms with Gasteiger partial charge in [0.15, 0.2) is 0 Å². The van der Waals surface area contributed by atoms with Crippen molar-refractivity contribution in [3.05, 3.63) is 99.4 Å². The number of aromatic hydroxyl groups is 1. The largest absolute Gasteiger partial charge is 0.507 e. The minimum absolute atomic E-state index is 0.362. The molecule has 0 radical (unpaired) electrons. The zero-order valence-corrected chi connectivity index (χ0v) is 22.6. The van der Waals surface area contributed by atoms with E-state index in [-0.39, 0.29) is 0 Å². The van der Waals surface area contributed by atoms with Gasteiger partial charge in [-0.05, 0) is 100 Å². The highest BCUT2D eigenvalue weighted by atomic mass is 16.5. The fourth-order valence-corrected chi connectivity index (χ4v) is 6.19. The molecule has 0 spiro atoms. The van der Waals surface area contributed by atoms with Gasteiger partial charge in [-0.25, -0.2) is 0 Å². The van der Waals surface area contributed by atoms with E-state index < -0.39 is 0 Å². The van der Waals surface area contributed by atoms with Gasteiger partial charge >= 0.3 is 0 Å². The predicted molar refractivity (Wildman–Crippen MR) is 155 cm³/mol. The Morgan fingerprint density at radius 3 is 2.50 bits per heavy atom. The highest BCUT2D eigenvalue weighted by molar-refractivity contribution is 5.76. The van der Waals surface area contributed by atoms with E-state index in [0.29, 0.717) is 12.4 Å². The molecule has 0 atom stereocenters. The molecule has 0 saturated heterocycles. The minimum atomic E-state index is 0.362. The minimum Gasteiger partial charge on any atom is -0.507 e. The van der Waals surface area contributed by atoms with Crippen LogP contribution in [0.2, 0.25) is 0 Å². The molecule has 2 aliphatic carbocycles. The number of anilines is 1. The van der Waals surface area contributed by atoms with E-state index >= 15 is 0 Å². The van der Waals surface area contributed by atoms with Crippen LogP contribution in [-0.4, -0.2) is 24.8 Å². The van der Waals surface area contributed by atoms with Crippen LogP contribution in [0.3, 0.4) is 0 Å². The molecule has 196 valence electrons. The van der Waals surface area contributed by atoms with E-state index in [1.807, 2.05) is 24.3 Å². The summed E-state index contributed by atoms with van der Waals surface area (Å²) in [6, 6.07) is 14.3. The first kappa shape index (κ1) is 24.7. The third-order valence-corrected chi connectivity index (χ3v) is 8.17. The Labute approximate surface area is 226 Å². The van der Waals surface area contributed by atoms with Crippen molar-refractivity contribution in [2.45, 2.75) is 58.8 Å². The van der Waals surface area contributed by atoms with Crippen LogP contribution in [-0.2, 0) is 4.74 Å². The molecule has 4 aliphatic rings. The van der Waals surface area contributed by atoms with Gasteiger partial charge in [0.25, 0.3) is 0 Å². The van der Waals surface area contributed by atoms with Crippen molar-refractivity contribution >= 4 is 17.5 Å². The normalized spacial score (nSPS) is 20.8. The first-order valence-electron chi connectivity index (χ1n) is 14.2. The Bertz CT molecular complexity index is 1400. The van der Waals surface area contributed by atoms with Gasteiger partial charge in [0.05, 0.1) is 5.56 Å². The Kier molecular flexibility index (Phi) is 6.88. The van der Waals surface area contributed by atoms with E-state index in [0.717, 1.165) is 97.7 Å². The summed E-state index contributed by atoms with van der Waals surface area (Å²) in [6.45, 7) is 6.72. The maximum Gasteiger partial charge on any atom is 0.145 e. The van der Waals surface area contributed by atoms with Crippen molar-refractivity contribution in [1.29, 1.82) is 0 Å². The lowest BCUT2D eigenvalue weighted by Crippen LogP contribution is -2.21. The number of hydrogen-bond acceptors (Lipinski definition) is 4. The predicted octanol–water partition coefficient (Wildman–Crippen LogP) is 8.32. The first-order chi connectivity index (χ1) is 18.6. The quantitative estimate of drug-likeness (QED) is 0.442. The van der Waals surface area contributed by atoms with Crippen molar-refractivity contribution in [2.24, 2.45) is 0 Å². The van der Waals surface area contributed by atoms with Crippen molar-refractivity contribution in [3.63, 3.8) is 0 Å². The molecule has 2 aromatic carbocycles. The summed E-state index contributed by atoms with van der Waals surface area (Å²) < 4.78 is 12.7. The SMILES string of the molecule is CCN(CC)c1ccc(/C=C2/CCC/C(=C\C3=C4OC5=C(C=C4CCC3)COc3ccccc35)C2)c(O)c1. The van der Waals surface area contributed by atoms with Crippen LogP contribution >= 0.6 is 0 Å². The smallest absolute Gasteiger partial charge is 0.145 e. The molecule has 2 aromatic rings. The molecule has 0 unspecified atom stereocenters. The Morgan fingerprint density at radius 2 is 1.68 bits per heavy atom. The third-order valence-electron chi connectivity index (χ3n) is 8.17. The summed E-state index contributed by atoms with van der Waals surface area (Å²) in [5.41, 5.74) is 9.65. The number of hydrogen-bond donors (Lipinski definition) is 1. The molecule has 4 nitrogen and oxygen atoms in total. The summed E-state index contributed by atoms with van der Waals surface area (Å²) >= 11 is 0. The van der Waals surface area contributed by atoms with Gasteiger partial charge in [0, 0.05) is 36.0 Å². The number of para-hydroxylation sites is 1. The second kappa shape index (κ2) is 10.6. The highest BCUT2D eigenvalue weighted by Gasteiger charge is 2.30. The maximum absolute atomic E-state index is 10.8. The number of benzene rings is 2. The molecule has 4 heteroatoms. The summed E-state index contributed by atoms with van der Waals surface area (Å²) in [5, 5.41) is 10.8. The van der Waals surface area contributed by atoms with Gasteiger partial charge in [-0.3, -0.25) is 0 Å². The number of phenols is 1. The lowest BCUT2D eigenvalue weighted by atomic mass is 9.84.